The summed E-state index contributed by atoms with van der Waals surface area (Å²) in [6.45, 7) is 4.62. The normalized spacial score (nSPS) is 15.0. The SMILES string of the molecule is CCCOC(OC)(OC=O)OCC. The molecule has 0 aromatic carbocycles. The Morgan fingerprint density at radius 3 is 2.38 bits per heavy atom. The lowest BCUT2D eigenvalue weighted by atomic mass is 10.5. The van der Waals surface area contributed by atoms with Crippen molar-refractivity contribution < 1.29 is 23.7 Å². The Labute approximate surface area is 77.9 Å². The van der Waals surface area contributed by atoms with Crippen LogP contribution in [0, 0.1) is 0 Å². The molecule has 5 heteroatoms. The van der Waals surface area contributed by atoms with Crippen molar-refractivity contribution in [1.82, 2.24) is 0 Å². The molecule has 0 aromatic heterocycles. The van der Waals surface area contributed by atoms with Crippen LogP contribution in [0.2, 0.25) is 0 Å². The van der Waals surface area contributed by atoms with Crippen LogP contribution in [0.4, 0.5) is 0 Å². The van der Waals surface area contributed by atoms with E-state index in [0.29, 0.717) is 13.2 Å². The van der Waals surface area contributed by atoms with Gasteiger partial charge in [-0.15, -0.1) is 0 Å². The molecule has 0 spiro atoms. The quantitative estimate of drug-likeness (QED) is 0.422. The fourth-order valence-electron chi connectivity index (χ4n) is 0.738. The van der Waals surface area contributed by atoms with Crippen molar-refractivity contribution in [3.05, 3.63) is 0 Å². The Morgan fingerprint density at radius 1 is 1.31 bits per heavy atom. The number of ether oxygens (including phenoxy) is 4. The van der Waals surface area contributed by atoms with E-state index in [9.17, 15) is 4.79 Å². The van der Waals surface area contributed by atoms with Crippen molar-refractivity contribution in [3.8, 4) is 0 Å². The molecule has 0 rings (SSSR count). The second-order valence-corrected chi connectivity index (χ2v) is 2.20. The van der Waals surface area contributed by atoms with Gasteiger partial charge in [0.25, 0.3) is 6.47 Å². The van der Waals surface area contributed by atoms with Gasteiger partial charge < -0.3 is 4.74 Å². The van der Waals surface area contributed by atoms with Crippen LogP contribution in [-0.2, 0) is 23.7 Å². The minimum Gasteiger partial charge on any atom is -0.386 e. The molecule has 1 atom stereocenters. The second-order valence-electron chi connectivity index (χ2n) is 2.20. The van der Waals surface area contributed by atoms with E-state index in [4.69, 9.17) is 14.2 Å². The van der Waals surface area contributed by atoms with Gasteiger partial charge in [0.1, 0.15) is 0 Å². The molecule has 0 aliphatic heterocycles. The number of hydrogen-bond acceptors (Lipinski definition) is 5. The second kappa shape index (κ2) is 6.82. The third-order valence-corrected chi connectivity index (χ3v) is 1.25. The van der Waals surface area contributed by atoms with E-state index >= 15 is 0 Å². The zero-order valence-electron chi connectivity index (χ0n) is 8.24. The molecular weight excluding hydrogens is 176 g/mol. The fraction of sp³-hybridized carbons (Fsp3) is 0.875. The maximum atomic E-state index is 10.2. The Balaban J connectivity index is 4.15. The van der Waals surface area contributed by atoms with Gasteiger partial charge in [0, 0.05) is 7.11 Å². The van der Waals surface area contributed by atoms with E-state index in [2.05, 4.69) is 4.74 Å². The lowest BCUT2D eigenvalue weighted by molar-refractivity contribution is -0.472. The number of carbonyl (C=O) groups excluding carboxylic acids is 1. The monoisotopic (exact) mass is 192 g/mol. The third-order valence-electron chi connectivity index (χ3n) is 1.25. The number of hydrogen-bond donors (Lipinski definition) is 0. The largest absolute Gasteiger partial charge is 0.462 e. The molecule has 13 heavy (non-hydrogen) atoms. The smallest absolute Gasteiger partial charge is 0.386 e. The predicted octanol–water partition coefficient (Wildman–Crippen LogP) is 0.880. The van der Waals surface area contributed by atoms with Crippen LogP contribution in [0.1, 0.15) is 20.3 Å². The minimum atomic E-state index is -1.67. The lowest BCUT2D eigenvalue weighted by Gasteiger charge is -2.27. The Kier molecular flexibility index (Phi) is 6.48. The highest BCUT2D eigenvalue weighted by atomic mass is 17.0. The van der Waals surface area contributed by atoms with Crippen molar-refractivity contribution in [1.29, 1.82) is 0 Å². The van der Waals surface area contributed by atoms with Gasteiger partial charge in [0.2, 0.25) is 0 Å². The van der Waals surface area contributed by atoms with Crippen LogP contribution in [0.15, 0.2) is 0 Å². The lowest BCUT2D eigenvalue weighted by Crippen LogP contribution is -2.41. The van der Waals surface area contributed by atoms with Crippen molar-refractivity contribution in [2.75, 3.05) is 20.3 Å². The molecule has 0 saturated heterocycles. The van der Waals surface area contributed by atoms with Crippen molar-refractivity contribution in [3.63, 3.8) is 0 Å². The zero-order chi connectivity index (χ0) is 10.2. The Morgan fingerprint density at radius 2 is 2.00 bits per heavy atom. The number of carbonyl (C=O) groups is 1. The molecule has 0 saturated carbocycles. The van der Waals surface area contributed by atoms with Gasteiger partial charge in [-0.05, 0) is 13.3 Å². The molecule has 0 aromatic rings. The highest BCUT2D eigenvalue weighted by molar-refractivity contribution is 5.37. The average molecular weight is 192 g/mol. The number of rotatable bonds is 8. The van der Waals surface area contributed by atoms with Gasteiger partial charge in [-0.1, -0.05) is 6.92 Å². The Hall–Kier alpha value is -0.650. The van der Waals surface area contributed by atoms with E-state index in [0.717, 1.165) is 6.42 Å². The maximum Gasteiger partial charge on any atom is 0.462 e. The fourth-order valence-corrected chi connectivity index (χ4v) is 0.738. The maximum absolute atomic E-state index is 10.2. The van der Waals surface area contributed by atoms with Gasteiger partial charge in [0.15, 0.2) is 0 Å². The van der Waals surface area contributed by atoms with Crippen molar-refractivity contribution in [2.24, 2.45) is 0 Å². The Bertz CT molecular complexity index is 138. The highest BCUT2D eigenvalue weighted by Gasteiger charge is 2.34. The molecule has 0 heterocycles. The first-order valence-corrected chi connectivity index (χ1v) is 4.19. The van der Waals surface area contributed by atoms with Crippen molar-refractivity contribution in [2.45, 2.75) is 26.4 Å². The van der Waals surface area contributed by atoms with E-state index < -0.39 is 6.16 Å². The molecule has 5 nitrogen and oxygen atoms in total. The summed E-state index contributed by atoms with van der Waals surface area (Å²) in [5.74, 6) is 0. The molecule has 0 bridgehead atoms. The van der Waals surface area contributed by atoms with E-state index in [1.54, 1.807) is 6.92 Å². The molecule has 0 aliphatic rings. The standard InChI is InChI=1S/C8H16O5/c1-4-6-12-8(10-3,11-5-2)13-7-9/h7H,4-6H2,1-3H3. The first-order valence-electron chi connectivity index (χ1n) is 4.19. The summed E-state index contributed by atoms with van der Waals surface area (Å²) >= 11 is 0. The summed E-state index contributed by atoms with van der Waals surface area (Å²) in [6.07, 6.45) is -0.896. The van der Waals surface area contributed by atoms with Gasteiger partial charge in [-0.2, -0.15) is 0 Å². The molecule has 0 N–H and O–H groups in total. The molecule has 78 valence electrons. The molecule has 0 amide bonds. The zero-order valence-corrected chi connectivity index (χ0v) is 8.24. The van der Waals surface area contributed by atoms with Crippen LogP contribution in [0.3, 0.4) is 0 Å². The van der Waals surface area contributed by atoms with E-state index in [1.165, 1.54) is 7.11 Å². The van der Waals surface area contributed by atoms with Crippen LogP contribution >= 0.6 is 0 Å². The third kappa shape index (κ3) is 4.21. The summed E-state index contributed by atoms with van der Waals surface area (Å²) in [6, 6.07) is 0. The summed E-state index contributed by atoms with van der Waals surface area (Å²) in [5.41, 5.74) is 0. The molecule has 0 radical (unpaired) electrons. The van der Waals surface area contributed by atoms with Crippen molar-refractivity contribution >= 4 is 6.47 Å². The number of methoxy groups -OCH3 is 1. The summed E-state index contributed by atoms with van der Waals surface area (Å²) < 4.78 is 19.5. The van der Waals surface area contributed by atoms with E-state index in [-0.39, 0.29) is 6.47 Å². The molecule has 1 unspecified atom stereocenters. The van der Waals surface area contributed by atoms with Gasteiger partial charge in [-0.3, -0.25) is 19.0 Å². The van der Waals surface area contributed by atoms with E-state index in [1.807, 2.05) is 6.92 Å². The minimum absolute atomic E-state index is 0.231. The van der Waals surface area contributed by atoms with Crippen LogP contribution in [0.5, 0.6) is 0 Å². The van der Waals surface area contributed by atoms with Crippen LogP contribution in [-0.4, -0.2) is 33.0 Å². The molecule has 0 aliphatic carbocycles. The van der Waals surface area contributed by atoms with Gasteiger partial charge in [-0.25, -0.2) is 0 Å². The topological polar surface area (TPSA) is 54.0 Å². The van der Waals surface area contributed by atoms with Gasteiger partial charge in [0.05, 0.1) is 13.2 Å². The first-order chi connectivity index (χ1) is 6.24. The summed E-state index contributed by atoms with van der Waals surface area (Å²) in [4.78, 5) is 10.2. The average Bonchev–Trinajstić information content (AvgIpc) is 2.15. The van der Waals surface area contributed by atoms with Crippen LogP contribution < -0.4 is 0 Å². The van der Waals surface area contributed by atoms with Crippen LogP contribution in [0.25, 0.3) is 0 Å². The molecule has 0 fully saturated rings. The van der Waals surface area contributed by atoms with Gasteiger partial charge >= 0.3 is 6.16 Å². The predicted molar refractivity (Wildman–Crippen MR) is 44.8 cm³/mol. The summed E-state index contributed by atoms with van der Waals surface area (Å²) in [7, 11) is 1.34. The summed E-state index contributed by atoms with van der Waals surface area (Å²) in [5, 5.41) is 0. The highest BCUT2D eigenvalue weighted by Crippen LogP contribution is 2.15. The first kappa shape index (κ1) is 12.3. The molecular formula is C8H16O5.